The molecule has 1 aliphatic heterocycles. The second-order valence-electron chi connectivity index (χ2n) is 6.34. The fourth-order valence-corrected chi connectivity index (χ4v) is 3.08. The van der Waals surface area contributed by atoms with Crippen molar-refractivity contribution in [3.63, 3.8) is 0 Å². The molecule has 0 bridgehead atoms. The van der Waals surface area contributed by atoms with E-state index in [-0.39, 0.29) is 5.91 Å². The molecule has 1 aliphatic rings. The van der Waals surface area contributed by atoms with Crippen LogP contribution >= 0.6 is 0 Å². The predicted octanol–water partition coefficient (Wildman–Crippen LogP) is 3.91. The van der Waals surface area contributed by atoms with E-state index in [0.29, 0.717) is 18.7 Å². The van der Waals surface area contributed by atoms with Crippen LogP contribution in [0.15, 0.2) is 48.5 Å². The van der Waals surface area contributed by atoms with E-state index >= 15 is 0 Å². The molecule has 1 atom stereocenters. The van der Waals surface area contributed by atoms with Crippen molar-refractivity contribution in [2.75, 3.05) is 11.9 Å². The average Bonchev–Trinajstić information content (AvgIpc) is 3.08. The number of para-hydroxylation sites is 1. The van der Waals surface area contributed by atoms with Gasteiger partial charge in [-0.15, -0.1) is 0 Å². The molecule has 0 aromatic heterocycles. The predicted molar refractivity (Wildman–Crippen MR) is 96.7 cm³/mol. The molecule has 2 aromatic carbocycles. The topological polar surface area (TPSA) is 58.6 Å². The largest absolute Gasteiger partial charge is 0.415 e. The van der Waals surface area contributed by atoms with E-state index in [0.717, 1.165) is 23.2 Å². The van der Waals surface area contributed by atoms with E-state index in [1.165, 1.54) is 4.90 Å². The maximum absolute atomic E-state index is 12.7. The summed E-state index contributed by atoms with van der Waals surface area (Å²) in [6, 6.07) is 14.3. The highest BCUT2D eigenvalue weighted by atomic mass is 16.6. The molecule has 1 fully saturated rings. The molecule has 0 aliphatic carbocycles. The number of carbonyl (C=O) groups is 2. The Morgan fingerprint density at radius 2 is 1.88 bits per heavy atom. The summed E-state index contributed by atoms with van der Waals surface area (Å²) in [4.78, 5) is 26.6. The number of aryl methyl sites for hydroxylation is 2. The minimum Gasteiger partial charge on any atom is -0.410 e. The summed E-state index contributed by atoms with van der Waals surface area (Å²) in [6.07, 6.45) is 0.944. The van der Waals surface area contributed by atoms with Gasteiger partial charge in [0.25, 0.3) is 0 Å². The van der Waals surface area contributed by atoms with Crippen LogP contribution in [-0.4, -0.2) is 29.5 Å². The molecule has 1 N–H and O–H groups in total. The summed E-state index contributed by atoms with van der Waals surface area (Å²) in [5.41, 5.74) is 2.92. The summed E-state index contributed by atoms with van der Waals surface area (Å²) in [6.45, 7) is 4.49. The Bertz CT molecular complexity index is 774. The summed E-state index contributed by atoms with van der Waals surface area (Å²) in [5, 5.41) is 2.94. The third-order valence-electron chi connectivity index (χ3n) is 4.38. The number of rotatable bonds is 3. The van der Waals surface area contributed by atoms with Gasteiger partial charge in [-0.05, 0) is 50.5 Å². The van der Waals surface area contributed by atoms with E-state index in [9.17, 15) is 9.59 Å². The Kier molecular flexibility index (Phi) is 5.03. The van der Waals surface area contributed by atoms with Crippen molar-refractivity contribution in [3.05, 3.63) is 59.7 Å². The fraction of sp³-hybridized carbons (Fsp3) is 0.300. The van der Waals surface area contributed by atoms with Crippen molar-refractivity contribution in [1.82, 2.24) is 4.90 Å². The summed E-state index contributed by atoms with van der Waals surface area (Å²) < 4.78 is 5.38. The lowest BCUT2D eigenvalue weighted by molar-refractivity contribution is -0.119. The molecule has 5 nitrogen and oxygen atoms in total. The van der Waals surface area contributed by atoms with Gasteiger partial charge in [0.05, 0.1) is 0 Å². The van der Waals surface area contributed by atoms with Crippen molar-refractivity contribution in [3.8, 4) is 5.75 Å². The van der Waals surface area contributed by atoms with Crippen molar-refractivity contribution in [1.29, 1.82) is 0 Å². The molecular weight excluding hydrogens is 316 g/mol. The highest BCUT2D eigenvalue weighted by Crippen LogP contribution is 2.23. The van der Waals surface area contributed by atoms with Gasteiger partial charge in [-0.3, -0.25) is 9.69 Å². The van der Waals surface area contributed by atoms with Crippen LogP contribution in [0.1, 0.15) is 24.0 Å². The van der Waals surface area contributed by atoms with Gasteiger partial charge in [0.15, 0.2) is 0 Å². The number of nitrogens with one attached hydrogen (secondary N) is 1. The molecule has 25 heavy (non-hydrogen) atoms. The molecule has 0 unspecified atom stereocenters. The first kappa shape index (κ1) is 17.0. The van der Waals surface area contributed by atoms with Crippen LogP contribution in [0.5, 0.6) is 5.75 Å². The summed E-state index contributed by atoms with van der Waals surface area (Å²) in [7, 11) is 0. The van der Waals surface area contributed by atoms with Gasteiger partial charge in [0, 0.05) is 12.2 Å². The number of benzene rings is 2. The maximum atomic E-state index is 12.7. The van der Waals surface area contributed by atoms with Gasteiger partial charge < -0.3 is 10.1 Å². The normalized spacial score (nSPS) is 16.6. The van der Waals surface area contributed by atoms with Crippen LogP contribution in [0.4, 0.5) is 10.5 Å². The Balaban J connectivity index is 1.68. The number of anilines is 1. The second kappa shape index (κ2) is 7.38. The minimum atomic E-state index is -0.503. The zero-order chi connectivity index (χ0) is 17.8. The first-order chi connectivity index (χ1) is 12.0. The molecule has 0 radical (unpaired) electrons. The van der Waals surface area contributed by atoms with Gasteiger partial charge in [0.2, 0.25) is 5.91 Å². The van der Waals surface area contributed by atoms with Gasteiger partial charge in [-0.2, -0.15) is 0 Å². The highest BCUT2D eigenvalue weighted by Gasteiger charge is 2.35. The Morgan fingerprint density at radius 3 is 2.60 bits per heavy atom. The van der Waals surface area contributed by atoms with Crippen LogP contribution in [0, 0.1) is 13.8 Å². The lowest BCUT2D eigenvalue weighted by atomic mass is 10.1. The number of nitrogens with zero attached hydrogens (tertiary/aromatic N) is 1. The molecule has 1 saturated heterocycles. The monoisotopic (exact) mass is 338 g/mol. The Hall–Kier alpha value is -2.82. The molecule has 3 rings (SSSR count). The minimum absolute atomic E-state index is 0.172. The zero-order valence-electron chi connectivity index (χ0n) is 14.5. The van der Waals surface area contributed by atoms with E-state index in [2.05, 4.69) is 5.32 Å². The standard InChI is InChI=1S/C20H22N2O3/c1-14-10-11-17(15(2)13-14)21-19(23)18-9-6-12-22(18)20(24)25-16-7-4-3-5-8-16/h3-5,7-8,10-11,13,18H,6,9,12H2,1-2H3,(H,21,23)/t18-/m1/s1. The summed E-state index contributed by atoms with van der Waals surface area (Å²) >= 11 is 0. The fourth-order valence-electron chi connectivity index (χ4n) is 3.08. The number of likely N-dealkylation sites (tertiary alicyclic amines) is 1. The van der Waals surface area contributed by atoms with Crippen molar-refractivity contribution < 1.29 is 14.3 Å². The van der Waals surface area contributed by atoms with Crippen molar-refractivity contribution >= 4 is 17.7 Å². The van der Waals surface area contributed by atoms with Crippen molar-refractivity contribution in [2.45, 2.75) is 32.7 Å². The number of ether oxygens (including phenoxy) is 1. The number of carbonyl (C=O) groups excluding carboxylic acids is 2. The first-order valence-electron chi connectivity index (χ1n) is 8.46. The second-order valence-corrected chi connectivity index (χ2v) is 6.34. The molecule has 5 heteroatoms. The third-order valence-corrected chi connectivity index (χ3v) is 4.38. The Labute approximate surface area is 147 Å². The van der Waals surface area contributed by atoms with Crippen LogP contribution < -0.4 is 10.1 Å². The SMILES string of the molecule is Cc1ccc(NC(=O)[C@H]2CCCN2C(=O)Oc2ccccc2)c(C)c1. The lowest BCUT2D eigenvalue weighted by Crippen LogP contribution is -2.44. The molecular formula is C20H22N2O3. The average molecular weight is 338 g/mol. The highest BCUT2D eigenvalue weighted by molar-refractivity contribution is 5.97. The van der Waals surface area contributed by atoms with Crippen LogP contribution in [0.3, 0.4) is 0 Å². The van der Waals surface area contributed by atoms with Crippen LogP contribution in [-0.2, 0) is 4.79 Å². The number of hydrogen-bond acceptors (Lipinski definition) is 3. The van der Waals surface area contributed by atoms with Gasteiger partial charge in [-0.25, -0.2) is 4.79 Å². The van der Waals surface area contributed by atoms with Crippen molar-refractivity contribution in [2.24, 2.45) is 0 Å². The first-order valence-corrected chi connectivity index (χ1v) is 8.46. The quantitative estimate of drug-likeness (QED) is 0.923. The molecule has 0 spiro atoms. The van der Waals surface area contributed by atoms with Crippen LogP contribution in [0.2, 0.25) is 0 Å². The number of hydrogen-bond donors (Lipinski definition) is 1. The van der Waals surface area contributed by atoms with E-state index in [4.69, 9.17) is 4.74 Å². The van der Waals surface area contributed by atoms with Gasteiger partial charge in [-0.1, -0.05) is 35.9 Å². The number of amides is 2. The van der Waals surface area contributed by atoms with E-state index in [1.807, 2.05) is 38.1 Å². The maximum Gasteiger partial charge on any atom is 0.415 e. The molecule has 130 valence electrons. The molecule has 0 saturated carbocycles. The molecule has 2 amide bonds. The molecule has 1 heterocycles. The zero-order valence-corrected chi connectivity index (χ0v) is 14.5. The smallest absolute Gasteiger partial charge is 0.410 e. The Morgan fingerprint density at radius 1 is 1.12 bits per heavy atom. The lowest BCUT2D eigenvalue weighted by Gasteiger charge is -2.23. The summed E-state index contributed by atoms with van der Waals surface area (Å²) in [5.74, 6) is 0.308. The van der Waals surface area contributed by atoms with E-state index < -0.39 is 12.1 Å². The third kappa shape index (κ3) is 3.99. The van der Waals surface area contributed by atoms with Crippen LogP contribution in [0.25, 0.3) is 0 Å². The van der Waals surface area contributed by atoms with E-state index in [1.54, 1.807) is 24.3 Å². The molecule has 2 aromatic rings. The van der Waals surface area contributed by atoms with Gasteiger partial charge >= 0.3 is 6.09 Å². The van der Waals surface area contributed by atoms with Gasteiger partial charge in [0.1, 0.15) is 11.8 Å².